The number of hydrogen-bond acceptors (Lipinski definition) is 3. The number of carbonyl (C=O) groups excluding carboxylic acids is 2. The summed E-state index contributed by atoms with van der Waals surface area (Å²) in [6, 6.07) is 5.13. The molecule has 0 atom stereocenters. The minimum atomic E-state index is -0.225. The molecule has 0 unspecified atom stereocenters. The van der Waals surface area contributed by atoms with E-state index in [1.807, 2.05) is 13.8 Å². The summed E-state index contributed by atoms with van der Waals surface area (Å²) in [5, 5.41) is 0. The van der Waals surface area contributed by atoms with Crippen molar-refractivity contribution in [1.82, 2.24) is 4.90 Å². The van der Waals surface area contributed by atoms with Crippen LogP contribution in [0.3, 0.4) is 0 Å². The summed E-state index contributed by atoms with van der Waals surface area (Å²) in [5.74, 6) is -0.0799. The third-order valence-corrected chi connectivity index (χ3v) is 2.80. The highest BCUT2D eigenvalue weighted by Gasteiger charge is 2.31. The van der Waals surface area contributed by atoms with E-state index in [2.05, 4.69) is 0 Å². The topological polar surface area (TPSA) is 63.4 Å². The summed E-state index contributed by atoms with van der Waals surface area (Å²) in [6.45, 7) is 4.43. The third kappa shape index (κ3) is 2.16. The van der Waals surface area contributed by atoms with Gasteiger partial charge in [0.15, 0.2) is 0 Å². The number of hydrogen-bond donors (Lipinski definition) is 1. The van der Waals surface area contributed by atoms with E-state index in [0.29, 0.717) is 17.8 Å². The zero-order chi connectivity index (χ0) is 12.6. The molecule has 0 radical (unpaired) electrons. The maximum absolute atomic E-state index is 12.2. The smallest absolute Gasteiger partial charge is 0.260 e. The molecule has 0 spiro atoms. The molecule has 1 aromatic carbocycles. The molecule has 0 aliphatic carbocycles. The van der Waals surface area contributed by atoms with Crippen LogP contribution in [0.15, 0.2) is 18.2 Å². The van der Waals surface area contributed by atoms with Crippen LogP contribution in [0, 0.1) is 5.92 Å². The summed E-state index contributed by atoms with van der Waals surface area (Å²) < 4.78 is 0. The van der Waals surface area contributed by atoms with Crippen LogP contribution in [-0.4, -0.2) is 23.3 Å². The Balaban J connectivity index is 2.38. The number of imide groups is 1. The summed E-state index contributed by atoms with van der Waals surface area (Å²) in [4.78, 5) is 25.4. The lowest BCUT2D eigenvalue weighted by Crippen LogP contribution is -2.44. The van der Waals surface area contributed by atoms with Gasteiger partial charge in [-0.05, 0) is 23.6 Å². The number of rotatable bonds is 2. The summed E-state index contributed by atoms with van der Waals surface area (Å²) in [5.41, 5.74) is 7.55. The molecule has 1 heterocycles. The van der Waals surface area contributed by atoms with E-state index in [1.165, 1.54) is 4.90 Å². The van der Waals surface area contributed by atoms with Crippen LogP contribution in [0.25, 0.3) is 0 Å². The number of nitrogens with zero attached hydrogens (tertiary/aromatic N) is 1. The maximum Gasteiger partial charge on any atom is 0.260 e. The largest absolute Gasteiger partial charge is 0.399 e. The fourth-order valence-corrected chi connectivity index (χ4v) is 2.01. The Bertz CT molecular complexity index is 480. The highest BCUT2D eigenvalue weighted by atomic mass is 16.2. The van der Waals surface area contributed by atoms with Crippen LogP contribution in [-0.2, 0) is 11.2 Å². The number of benzene rings is 1. The fourth-order valence-electron chi connectivity index (χ4n) is 2.01. The second-order valence-electron chi connectivity index (χ2n) is 4.80. The Morgan fingerprint density at radius 1 is 1.35 bits per heavy atom. The number of carbonyl (C=O) groups is 2. The lowest BCUT2D eigenvalue weighted by atomic mass is 9.97. The van der Waals surface area contributed by atoms with E-state index >= 15 is 0 Å². The first-order valence-electron chi connectivity index (χ1n) is 5.72. The highest BCUT2D eigenvalue weighted by Crippen LogP contribution is 2.22. The van der Waals surface area contributed by atoms with Crippen molar-refractivity contribution < 1.29 is 9.59 Å². The van der Waals surface area contributed by atoms with Gasteiger partial charge in [0.2, 0.25) is 5.91 Å². The summed E-state index contributed by atoms with van der Waals surface area (Å²) in [7, 11) is 0. The van der Waals surface area contributed by atoms with Crippen molar-refractivity contribution >= 4 is 17.5 Å². The Hall–Kier alpha value is -1.84. The van der Waals surface area contributed by atoms with Gasteiger partial charge in [-0.1, -0.05) is 19.9 Å². The molecule has 0 aromatic heterocycles. The van der Waals surface area contributed by atoms with Crippen molar-refractivity contribution in [3.63, 3.8) is 0 Å². The predicted molar refractivity (Wildman–Crippen MR) is 65.4 cm³/mol. The van der Waals surface area contributed by atoms with Crippen molar-refractivity contribution in [1.29, 1.82) is 0 Å². The van der Waals surface area contributed by atoms with Crippen LogP contribution >= 0.6 is 0 Å². The molecule has 1 aliphatic rings. The molecule has 17 heavy (non-hydrogen) atoms. The van der Waals surface area contributed by atoms with Crippen LogP contribution in [0.1, 0.15) is 29.8 Å². The molecule has 2 amide bonds. The molecule has 0 saturated heterocycles. The van der Waals surface area contributed by atoms with Gasteiger partial charge >= 0.3 is 0 Å². The molecule has 1 aromatic rings. The van der Waals surface area contributed by atoms with Gasteiger partial charge < -0.3 is 5.73 Å². The van der Waals surface area contributed by atoms with E-state index < -0.39 is 0 Å². The van der Waals surface area contributed by atoms with Gasteiger partial charge in [-0.3, -0.25) is 14.5 Å². The van der Waals surface area contributed by atoms with Gasteiger partial charge in [-0.25, -0.2) is 0 Å². The van der Waals surface area contributed by atoms with E-state index in [4.69, 9.17) is 5.73 Å². The highest BCUT2D eigenvalue weighted by molar-refractivity contribution is 6.10. The quantitative estimate of drug-likeness (QED) is 0.620. The number of nitrogens with two attached hydrogens (primary N) is 1. The molecule has 4 nitrogen and oxygen atoms in total. The monoisotopic (exact) mass is 232 g/mol. The minimum Gasteiger partial charge on any atom is -0.399 e. The molecule has 2 rings (SSSR count). The maximum atomic E-state index is 12.2. The number of amides is 2. The van der Waals surface area contributed by atoms with E-state index in [0.717, 1.165) is 5.56 Å². The molecule has 0 fully saturated rings. The van der Waals surface area contributed by atoms with Crippen molar-refractivity contribution in [3.8, 4) is 0 Å². The molecule has 4 heteroatoms. The average molecular weight is 232 g/mol. The molecule has 1 aliphatic heterocycles. The normalized spacial score (nSPS) is 15.4. The Morgan fingerprint density at radius 2 is 2.06 bits per heavy atom. The number of anilines is 1. The van der Waals surface area contributed by atoms with Crippen LogP contribution in [0.4, 0.5) is 5.69 Å². The number of nitrogen functional groups attached to an aromatic ring is 1. The predicted octanol–water partition coefficient (Wildman–Crippen LogP) is 1.45. The Labute approximate surface area is 100 Å². The molecule has 0 saturated carbocycles. The van der Waals surface area contributed by atoms with Gasteiger partial charge in [-0.2, -0.15) is 0 Å². The minimum absolute atomic E-state index is 0.124. The van der Waals surface area contributed by atoms with Crippen molar-refractivity contribution in [2.24, 2.45) is 5.92 Å². The summed E-state index contributed by atoms with van der Waals surface area (Å²) in [6.07, 6.45) is 0.286. The van der Waals surface area contributed by atoms with Crippen molar-refractivity contribution in [2.75, 3.05) is 12.3 Å². The molecular formula is C13H16N2O2. The second-order valence-corrected chi connectivity index (χ2v) is 4.80. The van der Waals surface area contributed by atoms with Crippen molar-refractivity contribution in [2.45, 2.75) is 20.3 Å². The number of fused-ring (bicyclic) bond motifs is 1. The second kappa shape index (κ2) is 4.20. The first-order chi connectivity index (χ1) is 7.99. The Kier molecular flexibility index (Phi) is 2.88. The van der Waals surface area contributed by atoms with Gasteiger partial charge in [0.1, 0.15) is 0 Å². The molecular weight excluding hydrogens is 216 g/mol. The first-order valence-corrected chi connectivity index (χ1v) is 5.72. The summed E-state index contributed by atoms with van der Waals surface area (Å²) >= 11 is 0. The van der Waals surface area contributed by atoms with Gasteiger partial charge in [0.05, 0.1) is 6.42 Å². The van der Waals surface area contributed by atoms with Gasteiger partial charge in [-0.15, -0.1) is 0 Å². The molecule has 0 bridgehead atoms. The fraction of sp³-hybridized carbons (Fsp3) is 0.385. The van der Waals surface area contributed by atoms with E-state index in [1.54, 1.807) is 18.2 Å². The molecule has 2 N–H and O–H groups in total. The Morgan fingerprint density at radius 3 is 2.71 bits per heavy atom. The zero-order valence-corrected chi connectivity index (χ0v) is 10.1. The van der Waals surface area contributed by atoms with E-state index in [-0.39, 0.29) is 24.2 Å². The van der Waals surface area contributed by atoms with Gasteiger partial charge in [0.25, 0.3) is 5.91 Å². The SMILES string of the molecule is CC(C)CN1C(=O)Cc2ccc(N)cc2C1=O. The first kappa shape index (κ1) is 11.6. The van der Waals surface area contributed by atoms with Crippen LogP contribution in [0.5, 0.6) is 0 Å². The van der Waals surface area contributed by atoms with Gasteiger partial charge in [0, 0.05) is 17.8 Å². The third-order valence-electron chi connectivity index (χ3n) is 2.80. The van der Waals surface area contributed by atoms with Crippen molar-refractivity contribution in [3.05, 3.63) is 29.3 Å². The van der Waals surface area contributed by atoms with E-state index in [9.17, 15) is 9.59 Å². The average Bonchev–Trinajstić information content (AvgIpc) is 2.25. The van der Waals surface area contributed by atoms with Crippen LogP contribution in [0.2, 0.25) is 0 Å². The lowest BCUT2D eigenvalue weighted by molar-refractivity contribution is -0.128. The standard InChI is InChI=1S/C13H16N2O2/c1-8(2)7-15-12(16)5-9-3-4-10(14)6-11(9)13(15)17/h3-4,6,8H,5,7,14H2,1-2H3. The molecule has 90 valence electrons. The van der Waals surface area contributed by atoms with Crippen LogP contribution < -0.4 is 5.73 Å². The zero-order valence-electron chi connectivity index (χ0n) is 10.1. The lowest BCUT2D eigenvalue weighted by Gasteiger charge is -2.28.